The normalized spacial score (nSPS) is 19.7. The van der Waals surface area contributed by atoms with E-state index in [9.17, 15) is 13.2 Å². The Morgan fingerprint density at radius 2 is 2.24 bits per heavy atom. The van der Waals surface area contributed by atoms with E-state index in [0.717, 1.165) is 6.42 Å². The predicted octanol–water partition coefficient (Wildman–Crippen LogP) is 2.78. The smallest absolute Gasteiger partial charge is 0.401 e. The van der Waals surface area contributed by atoms with Gasteiger partial charge in [-0.3, -0.25) is 4.90 Å². The number of aromatic nitrogens is 1. The van der Waals surface area contributed by atoms with Crippen LogP contribution >= 0.6 is 0 Å². The zero-order chi connectivity index (χ0) is 15.3. The fourth-order valence-electron chi connectivity index (χ4n) is 2.47. The molecule has 1 fully saturated rings. The van der Waals surface area contributed by atoms with Crippen molar-refractivity contribution in [3.63, 3.8) is 0 Å². The summed E-state index contributed by atoms with van der Waals surface area (Å²) < 4.78 is 42.3. The minimum absolute atomic E-state index is 0.213. The third-order valence-electron chi connectivity index (χ3n) is 3.36. The van der Waals surface area contributed by atoms with E-state index in [-0.39, 0.29) is 5.92 Å². The van der Waals surface area contributed by atoms with Crippen molar-refractivity contribution in [3.8, 4) is 5.88 Å². The Labute approximate surface area is 122 Å². The maximum Gasteiger partial charge on any atom is 0.401 e. The standard InChI is InChI=1S/C14H20F3N3O/c1-2-21-13-5-3-4-12(19-13)18-8-11-6-7-20(9-11)10-14(15,16)17/h3-5,11H,2,6-10H2,1H3,(H,18,19). The molecule has 1 atom stereocenters. The van der Waals surface area contributed by atoms with E-state index in [2.05, 4.69) is 10.3 Å². The third-order valence-corrected chi connectivity index (χ3v) is 3.36. The number of halogens is 3. The molecule has 7 heteroatoms. The summed E-state index contributed by atoms with van der Waals surface area (Å²) in [5, 5.41) is 3.17. The minimum Gasteiger partial charge on any atom is -0.478 e. The van der Waals surface area contributed by atoms with E-state index in [1.807, 2.05) is 19.1 Å². The molecule has 1 N–H and O–H groups in total. The summed E-state index contributed by atoms with van der Waals surface area (Å²) in [6.45, 7) is 3.20. The molecule has 1 aromatic heterocycles. The number of pyridine rings is 1. The van der Waals surface area contributed by atoms with Gasteiger partial charge < -0.3 is 10.1 Å². The summed E-state index contributed by atoms with van der Waals surface area (Å²) in [5.41, 5.74) is 0. The van der Waals surface area contributed by atoms with Crippen LogP contribution in [0.4, 0.5) is 19.0 Å². The van der Waals surface area contributed by atoms with Crippen molar-refractivity contribution in [2.45, 2.75) is 19.5 Å². The highest BCUT2D eigenvalue weighted by atomic mass is 19.4. The molecule has 1 aromatic rings. The van der Waals surface area contributed by atoms with E-state index in [0.29, 0.717) is 37.9 Å². The molecule has 0 radical (unpaired) electrons. The van der Waals surface area contributed by atoms with Crippen LogP contribution < -0.4 is 10.1 Å². The number of rotatable bonds is 6. The molecule has 0 aromatic carbocycles. The first-order chi connectivity index (χ1) is 9.96. The summed E-state index contributed by atoms with van der Waals surface area (Å²) in [6, 6.07) is 5.44. The van der Waals surface area contributed by atoms with Crippen LogP contribution in [0.25, 0.3) is 0 Å². The molecule has 0 amide bonds. The summed E-state index contributed by atoms with van der Waals surface area (Å²) in [7, 11) is 0. The van der Waals surface area contributed by atoms with Gasteiger partial charge in [0.05, 0.1) is 13.2 Å². The first kappa shape index (κ1) is 15.9. The van der Waals surface area contributed by atoms with Crippen molar-refractivity contribution < 1.29 is 17.9 Å². The molecule has 2 rings (SSSR count). The maximum atomic E-state index is 12.3. The molecular weight excluding hydrogens is 283 g/mol. The Hall–Kier alpha value is -1.50. The van der Waals surface area contributed by atoms with Crippen molar-refractivity contribution in [2.75, 3.05) is 38.1 Å². The van der Waals surface area contributed by atoms with E-state index >= 15 is 0 Å². The Morgan fingerprint density at radius 1 is 1.43 bits per heavy atom. The number of ether oxygens (including phenoxy) is 1. The highest BCUT2D eigenvalue weighted by Gasteiger charge is 2.34. The minimum atomic E-state index is -4.12. The van der Waals surface area contributed by atoms with E-state index < -0.39 is 12.7 Å². The molecule has 4 nitrogen and oxygen atoms in total. The van der Waals surface area contributed by atoms with Crippen LogP contribution in [0.15, 0.2) is 18.2 Å². The fraction of sp³-hybridized carbons (Fsp3) is 0.643. The van der Waals surface area contributed by atoms with Crippen LogP contribution in [0.3, 0.4) is 0 Å². The van der Waals surface area contributed by atoms with E-state index in [4.69, 9.17) is 4.74 Å². The Bertz CT molecular complexity index is 453. The number of anilines is 1. The third kappa shape index (κ3) is 5.41. The first-order valence-corrected chi connectivity index (χ1v) is 7.09. The molecule has 1 aliphatic rings. The zero-order valence-electron chi connectivity index (χ0n) is 12.0. The summed E-state index contributed by atoms with van der Waals surface area (Å²) in [6.07, 6.45) is -3.34. The van der Waals surface area contributed by atoms with Crippen LogP contribution in [0.2, 0.25) is 0 Å². The lowest BCUT2D eigenvalue weighted by Gasteiger charge is -2.18. The number of alkyl halides is 3. The monoisotopic (exact) mass is 303 g/mol. The zero-order valence-corrected chi connectivity index (χ0v) is 12.0. The number of likely N-dealkylation sites (tertiary alicyclic amines) is 1. The highest BCUT2D eigenvalue weighted by Crippen LogP contribution is 2.23. The van der Waals surface area contributed by atoms with Crippen molar-refractivity contribution >= 4 is 5.82 Å². The molecule has 1 unspecified atom stereocenters. The largest absolute Gasteiger partial charge is 0.478 e. The molecule has 1 aliphatic heterocycles. The fourth-order valence-corrected chi connectivity index (χ4v) is 2.47. The molecule has 1 saturated heterocycles. The first-order valence-electron chi connectivity index (χ1n) is 7.09. The van der Waals surface area contributed by atoms with Gasteiger partial charge in [-0.2, -0.15) is 18.2 Å². The molecule has 0 saturated carbocycles. The second-order valence-corrected chi connectivity index (χ2v) is 5.18. The highest BCUT2D eigenvalue weighted by molar-refractivity contribution is 5.37. The van der Waals surface area contributed by atoms with Crippen LogP contribution in [0, 0.1) is 5.92 Å². The van der Waals surface area contributed by atoms with Crippen molar-refractivity contribution in [1.29, 1.82) is 0 Å². The van der Waals surface area contributed by atoms with Gasteiger partial charge in [0, 0.05) is 19.2 Å². The van der Waals surface area contributed by atoms with Crippen molar-refractivity contribution in [3.05, 3.63) is 18.2 Å². The van der Waals surface area contributed by atoms with Crippen molar-refractivity contribution in [1.82, 2.24) is 9.88 Å². The molecule has 0 bridgehead atoms. The maximum absolute atomic E-state index is 12.3. The topological polar surface area (TPSA) is 37.4 Å². The Balaban J connectivity index is 1.78. The quantitative estimate of drug-likeness (QED) is 0.877. The van der Waals surface area contributed by atoms with Crippen LogP contribution in [0.1, 0.15) is 13.3 Å². The van der Waals surface area contributed by atoms with Gasteiger partial charge in [0.25, 0.3) is 0 Å². The molecule has 0 spiro atoms. The summed E-state index contributed by atoms with van der Waals surface area (Å²) >= 11 is 0. The summed E-state index contributed by atoms with van der Waals surface area (Å²) in [4.78, 5) is 5.73. The Kier molecular flexibility index (Phi) is 5.27. The number of nitrogens with zero attached hydrogens (tertiary/aromatic N) is 2. The predicted molar refractivity (Wildman–Crippen MR) is 74.5 cm³/mol. The average Bonchev–Trinajstić information content (AvgIpc) is 2.83. The van der Waals surface area contributed by atoms with Crippen LogP contribution in [-0.2, 0) is 0 Å². The Morgan fingerprint density at radius 3 is 2.95 bits per heavy atom. The second kappa shape index (κ2) is 6.98. The lowest BCUT2D eigenvalue weighted by molar-refractivity contribution is -0.143. The van der Waals surface area contributed by atoms with E-state index in [1.54, 1.807) is 6.07 Å². The second-order valence-electron chi connectivity index (χ2n) is 5.18. The van der Waals surface area contributed by atoms with Crippen molar-refractivity contribution in [2.24, 2.45) is 5.92 Å². The molecule has 21 heavy (non-hydrogen) atoms. The molecular formula is C14H20F3N3O. The number of nitrogens with one attached hydrogen (secondary N) is 1. The lowest BCUT2D eigenvalue weighted by atomic mass is 10.1. The van der Waals surface area contributed by atoms with Gasteiger partial charge in [0.1, 0.15) is 5.82 Å². The van der Waals surface area contributed by atoms with Crippen LogP contribution in [-0.4, -0.2) is 48.8 Å². The molecule has 118 valence electrons. The van der Waals surface area contributed by atoms with Gasteiger partial charge in [0.2, 0.25) is 5.88 Å². The number of hydrogen-bond acceptors (Lipinski definition) is 4. The van der Waals surface area contributed by atoms with Gasteiger partial charge in [0.15, 0.2) is 0 Å². The van der Waals surface area contributed by atoms with Gasteiger partial charge in [-0.15, -0.1) is 0 Å². The van der Waals surface area contributed by atoms with Gasteiger partial charge in [-0.1, -0.05) is 6.07 Å². The van der Waals surface area contributed by atoms with Crippen LogP contribution in [0.5, 0.6) is 5.88 Å². The van der Waals surface area contributed by atoms with E-state index in [1.165, 1.54) is 4.90 Å². The number of hydrogen-bond donors (Lipinski definition) is 1. The lowest BCUT2D eigenvalue weighted by Crippen LogP contribution is -2.33. The molecule has 0 aliphatic carbocycles. The van der Waals surface area contributed by atoms with Gasteiger partial charge >= 0.3 is 6.18 Å². The average molecular weight is 303 g/mol. The summed E-state index contributed by atoms with van der Waals surface area (Å²) in [5.74, 6) is 1.45. The molecule has 2 heterocycles. The van der Waals surface area contributed by atoms with Gasteiger partial charge in [-0.25, -0.2) is 0 Å². The van der Waals surface area contributed by atoms with Gasteiger partial charge in [-0.05, 0) is 31.9 Å². The SMILES string of the molecule is CCOc1cccc(NCC2CCN(CC(F)(F)F)C2)n1.